The van der Waals surface area contributed by atoms with Crippen LogP contribution < -0.4 is 16.4 Å². The maximum Gasteiger partial charge on any atom is 0.242 e. The van der Waals surface area contributed by atoms with E-state index in [0.717, 1.165) is 0 Å². The van der Waals surface area contributed by atoms with Crippen molar-refractivity contribution in [3.8, 4) is 0 Å². The number of nitrogens with one attached hydrogen (secondary N) is 2. The molecule has 0 saturated carbocycles. The second-order valence-electron chi connectivity index (χ2n) is 3.30. The third-order valence-electron chi connectivity index (χ3n) is 2.05. The van der Waals surface area contributed by atoms with Crippen molar-refractivity contribution in [2.45, 2.75) is 31.8 Å². The Hall–Kier alpha value is -1.10. The minimum absolute atomic E-state index is 0.0370. The van der Waals surface area contributed by atoms with E-state index < -0.39 is 0 Å². The summed E-state index contributed by atoms with van der Waals surface area (Å²) in [5.41, 5.74) is 5.34. The van der Waals surface area contributed by atoms with Gasteiger partial charge in [0, 0.05) is 19.0 Å². The third-order valence-corrected chi connectivity index (χ3v) is 2.05. The van der Waals surface area contributed by atoms with Gasteiger partial charge in [0.05, 0.1) is 0 Å². The van der Waals surface area contributed by atoms with Gasteiger partial charge in [-0.2, -0.15) is 0 Å². The number of hydrogen-bond acceptors (Lipinski definition) is 3. The van der Waals surface area contributed by atoms with Crippen LogP contribution in [0.4, 0.5) is 0 Å². The van der Waals surface area contributed by atoms with Crippen molar-refractivity contribution in [1.82, 2.24) is 10.6 Å². The quantitative estimate of drug-likeness (QED) is 0.512. The number of amides is 2. The number of nitrogens with two attached hydrogens (primary N) is 1. The number of rotatable bonds is 3. The third kappa shape index (κ3) is 2.69. The Kier molecular flexibility index (Phi) is 3.25. The summed E-state index contributed by atoms with van der Waals surface area (Å²) in [5.74, 6) is -0.190. The van der Waals surface area contributed by atoms with Crippen LogP contribution in [0.25, 0.3) is 0 Å². The van der Waals surface area contributed by atoms with Gasteiger partial charge < -0.3 is 16.4 Å². The van der Waals surface area contributed by atoms with Crippen molar-refractivity contribution in [3.63, 3.8) is 0 Å². The van der Waals surface area contributed by atoms with Crippen LogP contribution in [-0.4, -0.2) is 30.4 Å². The first-order chi connectivity index (χ1) is 6.13. The van der Waals surface area contributed by atoms with E-state index in [-0.39, 0.29) is 23.9 Å². The monoisotopic (exact) mass is 185 g/mol. The Labute approximate surface area is 77.1 Å². The highest BCUT2D eigenvalue weighted by Crippen LogP contribution is 2.06. The Balaban J connectivity index is 2.35. The van der Waals surface area contributed by atoms with E-state index in [1.54, 1.807) is 0 Å². The second-order valence-corrected chi connectivity index (χ2v) is 3.30. The first kappa shape index (κ1) is 9.98. The molecule has 5 heteroatoms. The minimum atomic E-state index is -0.360. The molecule has 0 aliphatic carbocycles. The van der Waals surface area contributed by atoms with Gasteiger partial charge in [0.2, 0.25) is 11.8 Å². The smallest absolute Gasteiger partial charge is 0.242 e. The van der Waals surface area contributed by atoms with Gasteiger partial charge in [-0.25, -0.2) is 0 Å². The fraction of sp³-hybridized carbons (Fsp3) is 0.750. The van der Waals surface area contributed by atoms with E-state index in [9.17, 15) is 9.59 Å². The van der Waals surface area contributed by atoms with Gasteiger partial charge in [0.1, 0.15) is 6.04 Å². The summed E-state index contributed by atoms with van der Waals surface area (Å²) < 4.78 is 0. The molecule has 1 fully saturated rings. The maximum absolute atomic E-state index is 11.4. The fourth-order valence-corrected chi connectivity index (χ4v) is 1.21. The number of carbonyl (C=O) groups excluding carboxylic acids is 2. The van der Waals surface area contributed by atoms with Gasteiger partial charge in [-0.3, -0.25) is 9.59 Å². The summed E-state index contributed by atoms with van der Waals surface area (Å²) in [4.78, 5) is 22.2. The molecule has 0 radical (unpaired) electrons. The van der Waals surface area contributed by atoms with Crippen LogP contribution in [0.3, 0.4) is 0 Å². The first-order valence-electron chi connectivity index (χ1n) is 4.43. The zero-order valence-electron chi connectivity index (χ0n) is 7.67. The molecule has 1 heterocycles. The summed E-state index contributed by atoms with van der Waals surface area (Å²) in [7, 11) is 0. The van der Waals surface area contributed by atoms with Crippen LogP contribution in [0.5, 0.6) is 0 Å². The summed E-state index contributed by atoms with van der Waals surface area (Å²) in [6, 6.07) is -0.397. The van der Waals surface area contributed by atoms with Crippen LogP contribution in [0.2, 0.25) is 0 Å². The number of hydrogen-bond donors (Lipinski definition) is 3. The Morgan fingerprint density at radius 3 is 3.00 bits per heavy atom. The molecule has 74 valence electrons. The Bertz CT molecular complexity index is 217. The van der Waals surface area contributed by atoms with Gasteiger partial charge in [0.15, 0.2) is 0 Å². The topological polar surface area (TPSA) is 84.2 Å². The van der Waals surface area contributed by atoms with Crippen molar-refractivity contribution in [1.29, 1.82) is 0 Å². The molecule has 1 aliphatic heterocycles. The summed E-state index contributed by atoms with van der Waals surface area (Å²) in [6.45, 7) is 2.24. The standard InChI is InChI=1S/C8H15N3O2/c1-5(4-9)10-8(13)6-2-3-7(12)11-6/h5-6H,2-4,9H2,1H3,(H,10,13)(H,11,12)/t5-,6+/m1/s1. The lowest BCUT2D eigenvalue weighted by Crippen LogP contribution is -2.47. The normalized spacial score (nSPS) is 23.8. The van der Waals surface area contributed by atoms with Crippen molar-refractivity contribution in [2.75, 3.05) is 6.54 Å². The maximum atomic E-state index is 11.4. The Morgan fingerprint density at radius 2 is 2.54 bits per heavy atom. The van der Waals surface area contributed by atoms with Gasteiger partial charge in [-0.1, -0.05) is 0 Å². The van der Waals surface area contributed by atoms with E-state index in [0.29, 0.717) is 19.4 Å². The zero-order chi connectivity index (χ0) is 9.84. The minimum Gasteiger partial charge on any atom is -0.351 e. The average molecular weight is 185 g/mol. The molecule has 2 atom stereocenters. The van der Waals surface area contributed by atoms with Crippen molar-refractivity contribution in [2.24, 2.45) is 5.73 Å². The predicted molar refractivity (Wildman–Crippen MR) is 47.8 cm³/mol. The van der Waals surface area contributed by atoms with Crippen LogP contribution in [-0.2, 0) is 9.59 Å². The van der Waals surface area contributed by atoms with Crippen molar-refractivity contribution < 1.29 is 9.59 Å². The van der Waals surface area contributed by atoms with Gasteiger partial charge >= 0.3 is 0 Å². The summed E-state index contributed by atoms with van der Waals surface area (Å²) in [6.07, 6.45) is 1.02. The van der Waals surface area contributed by atoms with E-state index in [2.05, 4.69) is 10.6 Å². The molecule has 5 nitrogen and oxygen atoms in total. The molecule has 0 bridgehead atoms. The molecule has 0 aromatic carbocycles. The second kappa shape index (κ2) is 4.23. The van der Waals surface area contributed by atoms with E-state index >= 15 is 0 Å². The molecule has 0 aromatic heterocycles. The largest absolute Gasteiger partial charge is 0.351 e. The molecule has 0 spiro atoms. The van der Waals surface area contributed by atoms with Crippen LogP contribution in [0.15, 0.2) is 0 Å². The molecule has 1 rings (SSSR count). The van der Waals surface area contributed by atoms with E-state index in [1.807, 2.05) is 6.92 Å². The van der Waals surface area contributed by atoms with Gasteiger partial charge in [0.25, 0.3) is 0 Å². The summed E-state index contributed by atoms with van der Waals surface area (Å²) in [5, 5.41) is 5.30. The molecule has 2 amide bonds. The van der Waals surface area contributed by atoms with E-state index in [4.69, 9.17) is 5.73 Å². The van der Waals surface area contributed by atoms with Crippen molar-refractivity contribution in [3.05, 3.63) is 0 Å². The van der Waals surface area contributed by atoms with Gasteiger partial charge in [-0.15, -0.1) is 0 Å². The predicted octanol–water partition coefficient (Wildman–Crippen LogP) is -1.27. The molecule has 13 heavy (non-hydrogen) atoms. The molecular formula is C8H15N3O2. The highest BCUT2D eigenvalue weighted by Gasteiger charge is 2.27. The van der Waals surface area contributed by atoms with E-state index in [1.165, 1.54) is 0 Å². The molecule has 1 aliphatic rings. The lowest BCUT2D eigenvalue weighted by molar-refractivity contribution is -0.126. The average Bonchev–Trinajstić information content (AvgIpc) is 2.51. The first-order valence-corrected chi connectivity index (χ1v) is 4.43. The molecule has 0 unspecified atom stereocenters. The highest BCUT2D eigenvalue weighted by molar-refractivity contribution is 5.90. The van der Waals surface area contributed by atoms with Crippen LogP contribution in [0.1, 0.15) is 19.8 Å². The molecule has 4 N–H and O–H groups in total. The number of carbonyl (C=O) groups is 2. The molecule has 0 aromatic rings. The SMILES string of the molecule is C[C@H](CN)NC(=O)[C@@H]1CCC(=O)N1. The molecular weight excluding hydrogens is 170 g/mol. The lowest BCUT2D eigenvalue weighted by Gasteiger charge is -2.15. The molecule has 1 saturated heterocycles. The Morgan fingerprint density at radius 1 is 1.85 bits per heavy atom. The van der Waals surface area contributed by atoms with Crippen molar-refractivity contribution >= 4 is 11.8 Å². The van der Waals surface area contributed by atoms with Gasteiger partial charge in [-0.05, 0) is 13.3 Å². The fourth-order valence-electron chi connectivity index (χ4n) is 1.21. The summed E-state index contributed by atoms with van der Waals surface area (Å²) >= 11 is 0. The lowest BCUT2D eigenvalue weighted by atomic mass is 10.2. The van der Waals surface area contributed by atoms with Crippen LogP contribution in [0, 0.1) is 0 Å². The zero-order valence-corrected chi connectivity index (χ0v) is 7.67. The highest BCUT2D eigenvalue weighted by atomic mass is 16.2. The van der Waals surface area contributed by atoms with Crippen LogP contribution >= 0.6 is 0 Å².